The number of esters is 1. The molecule has 0 aromatic carbocycles. The van der Waals surface area contributed by atoms with E-state index in [-0.39, 0.29) is 6.61 Å². The van der Waals surface area contributed by atoms with E-state index in [1.54, 1.807) is 31.5 Å². The van der Waals surface area contributed by atoms with E-state index in [1.165, 1.54) is 17.6 Å². The molecule has 0 radical (unpaired) electrons. The second-order valence-electron chi connectivity index (χ2n) is 5.72. The Labute approximate surface area is 159 Å². The van der Waals surface area contributed by atoms with Crippen LogP contribution in [-0.2, 0) is 27.2 Å². The summed E-state index contributed by atoms with van der Waals surface area (Å²) in [6.07, 6.45) is 7.13. The van der Waals surface area contributed by atoms with Crippen LogP contribution in [-0.4, -0.2) is 35.6 Å². The van der Waals surface area contributed by atoms with E-state index in [0.717, 1.165) is 29.7 Å². The molecule has 0 aliphatic heterocycles. The van der Waals surface area contributed by atoms with Crippen LogP contribution in [0, 0.1) is 0 Å². The number of hydrogen-bond acceptors (Lipinski definition) is 7. The summed E-state index contributed by atoms with van der Waals surface area (Å²) in [5.74, 6) is -2.32. The van der Waals surface area contributed by atoms with Crippen LogP contribution < -0.4 is 10.7 Å². The van der Waals surface area contributed by atoms with Crippen LogP contribution in [0.2, 0.25) is 0 Å². The number of hydrogen-bond donors (Lipinski definition) is 2. The van der Waals surface area contributed by atoms with Crippen molar-refractivity contribution in [2.75, 3.05) is 11.9 Å². The number of carbonyl (C=O) groups excluding carboxylic acids is 3. The quantitative estimate of drug-likeness (QED) is 0.353. The van der Waals surface area contributed by atoms with Crippen LogP contribution in [0.5, 0.6) is 0 Å². The third-order valence-corrected chi connectivity index (χ3v) is 5.11. The molecule has 8 nitrogen and oxygen atoms in total. The van der Waals surface area contributed by atoms with Crippen molar-refractivity contribution in [1.82, 2.24) is 10.4 Å². The van der Waals surface area contributed by atoms with Gasteiger partial charge in [0.25, 0.3) is 0 Å². The van der Waals surface area contributed by atoms with E-state index in [0.29, 0.717) is 16.1 Å². The molecule has 140 valence electrons. The molecule has 2 N–H and O–H groups in total. The first-order valence-corrected chi connectivity index (χ1v) is 9.28. The Kier molecular flexibility index (Phi) is 5.92. The minimum atomic E-state index is -0.932. The Morgan fingerprint density at radius 1 is 1.33 bits per heavy atom. The third kappa shape index (κ3) is 4.37. The molecule has 0 saturated carbocycles. The predicted octanol–water partition coefficient (Wildman–Crippen LogP) is 1.90. The second kappa shape index (κ2) is 8.54. The van der Waals surface area contributed by atoms with E-state index in [2.05, 4.69) is 20.8 Å². The second-order valence-corrected chi connectivity index (χ2v) is 6.83. The maximum absolute atomic E-state index is 12.3. The first-order valence-electron chi connectivity index (χ1n) is 8.46. The monoisotopic (exact) mass is 386 g/mol. The number of ether oxygens (including phenoxy) is 1. The van der Waals surface area contributed by atoms with E-state index < -0.39 is 17.8 Å². The van der Waals surface area contributed by atoms with Gasteiger partial charge in [0.05, 0.1) is 18.4 Å². The molecule has 2 aromatic heterocycles. The van der Waals surface area contributed by atoms with Crippen LogP contribution in [0.25, 0.3) is 0 Å². The number of pyridine rings is 1. The van der Waals surface area contributed by atoms with Gasteiger partial charge in [0.2, 0.25) is 0 Å². The largest absolute Gasteiger partial charge is 0.462 e. The first kappa shape index (κ1) is 18.7. The summed E-state index contributed by atoms with van der Waals surface area (Å²) >= 11 is 1.31. The number of carbonyl (C=O) groups is 3. The minimum Gasteiger partial charge on any atom is -0.462 e. The van der Waals surface area contributed by atoms with Gasteiger partial charge in [-0.25, -0.2) is 10.2 Å². The number of aromatic nitrogens is 1. The molecule has 0 spiro atoms. The fourth-order valence-corrected chi connectivity index (χ4v) is 4.01. The van der Waals surface area contributed by atoms with E-state index in [9.17, 15) is 14.4 Å². The molecule has 0 bridgehead atoms. The third-order valence-electron chi connectivity index (χ3n) is 3.90. The van der Waals surface area contributed by atoms with Crippen molar-refractivity contribution >= 4 is 40.3 Å². The van der Waals surface area contributed by atoms with Crippen LogP contribution in [0.15, 0.2) is 29.6 Å². The zero-order valence-corrected chi connectivity index (χ0v) is 15.5. The Morgan fingerprint density at radius 2 is 2.19 bits per heavy atom. The number of nitrogens with zero attached hydrogens (tertiary/aromatic N) is 2. The number of rotatable bonds is 5. The number of amides is 2. The zero-order chi connectivity index (χ0) is 19.2. The van der Waals surface area contributed by atoms with Gasteiger partial charge in [0.15, 0.2) is 0 Å². The smallest absolute Gasteiger partial charge is 0.341 e. The SMILES string of the molecule is CCOC(=O)c1c(NC(=O)C(=O)N/N=C/c2cccnc2)sc2c1CCC2. The number of nitrogens with one attached hydrogen (secondary N) is 2. The molecular formula is C18H18N4O4S. The topological polar surface area (TPSA) is 110 Å². The highest BCUT2D eigenvalue weighted by atomic mass is 32.1. The van der Waals surface area contributed by atoms with Gasteiger partial charge < -0.3 is 10.1 Å². The van der Waals surface area contributed by atoms with Crippen molar-refractivity contribution < 1.29 is 19.1 Å². The van der Waals surface area contributed by atoms with Crippen LogP contribution in [0.3, 0.4) is 0 Å². The van der Waals surface area contributed by atoms with Crippen molar-refractivity contribution in [2.45, 2.75) is 26.2 Å². The molecule has 9 heteroatoms. The molecule has 0 saturated heterocycles. The van der Waals surface area contributed by atoms with Crippen molar-refractivity contribution in [3.63, 3.8) is 0 Å². The highest BCUT2D eigenvalue weighted by Gasteiger charge is 2.29. The number of hydrazone groups is 1. The Bertz CT molecular complexity index is 892. The highest BCUT2D eigenvalue weighted by Crippen LogP contribution is 2.39. The summed E-state index contributed by atoms with van der Waals surface area (Å²) in [6.45, 7) is 1.96. The molecule has 0 fully saturated rings. The molecule has 1 aliphatic rings. The molecule has 1 aliphatic carbocycles. The molecule has 2 aromatic rings. The lowest BCUT2D eigenvalue weighted by Gasteiger charge is -2.07. The van der Waals surface area contributed by atoms with Crippen molar-refractivity contribution in [3.8, 4) is 0 Å². The number of fused-ring (bicyclic) bond motifs is 1. The van der Waals surface area contributed by atoms with Crippen molar-refractivity contribution in [2.24, 2.45) is 5.10 Å². The lowest BCUT2D eigenvalue weighted by atomic mass is 10.1. The van der Waals surface area contributed by atoms with Gasteiger partial charge in [-0.2, -0.15) is 5.10 Å². The summed E-state index contributed by atoms with van der Waals surface area (Å²) < 4.78 is 5.09. The van der Waals surface area contributed by atoms with Gasteiger partial charge in [-0.05, 0) is 37.8 Å². The Morgan fingerprint density at radius 3 is 2.93 bits per heavy atom. The van der Waals surface area contributed by atoms with Crippen LogP contribution in [0.4, 0.5) is 5.00 Å². The summed E-state index contributed by atoms with van der Waals surface area (Å²) in [5.41, 5.74) is 4.09. The number of anilines is 1. The average molecular weight is 386 g/mol. The van der Waals surface area contributed by atoms with Gasteiger partial charge >= 0.3 is 17.8 Å². The van der Waals surface area contributed by atoms with E-state index in [4.69, 9.17) is 4.74 Å². The molecule has 0 atom stereocenters. The molecule has 2 amide bonds. The van der Waals surface area contributed by atoms with Gasteiger partial charge in [-0.3, -0.25) is 14.6 Å². The standard InChI is InChI=1S/C18H18N4O4S/c1-2-26-18(25)14-12-6-3-7-13(12)27-17(14)21-15(23)16(24)22-20-10-11-5-4-8-19-9-11/h4-5,8-10H,2-3,6-7H2,1H3,(H,21,23)(H,22,24)/b20-10+. The zero-order valence-electron chi connectivity index (χ0n) is 14.7. The predicted molar refractivity (Wildman–Crippen MR) is 101 cm³/mol. The molecule has 3 rings (SSSR count). The normalized spacial score (nSPS) is 12.6. The lowest BCUT2D eigenvalue weighted by Crippen LogP contribution is -2.32. The van der Waals surface area contributed by atoms with Crippen LogP contribution in [0.1, 0.15) is 39.7 Å². The molecule has 0 unspecified atom stereocenters. The number of aryl methyl sites for hydroxylation is 1. The Balaban J connectivity index is 1.68. The van der Waals surface area contributed by atoms with E-state index in [1.807, 2.05) is 0 Å². The van der Waals surface area contributed by atoms with Gasteiger partial charge in [0.1, 0.15) is 5.00 Å². The highest BCUT2D eigenvalue weighted by molar-refractivity contribution is 7.17. The average Bonchev–Trinajstić information content (AvgIpc) is 3.23. The molecule has 2 heterocycles. The minimum absolute atomic E-state index is 0.236. The maximum atomic E-state index is 12.3. The first-order chi connectivity index (χ1) is 13.1. The maximum Gasteiger partial charge on any atom is 0.341 e. The Hall–Kier alpha value is -3.07. The summed E-state index contributed by atoms with van der Waals surface area (Å²) in [6, 6.07) is 3.48. The van der Waals surface area contributed by atoms with Gasteiger partial charge in [0, 0.05) is 22.8 Å². The van der Waals surface area contributed by atoms with Crippen molar-refractivity contribution in [3.05, 3.63) is 46.1 Å². The fraction of sp³-hybridized carbons (Fsp3) is 0.278. The fourth-order valence-electron chi connectivity index (χ4n) is 2.74. The van der Waals surface area contributed by atoms with Gasteiger partial charge in [-0.15, -0.1) is 11.3 Å². The number of thiophene rings is 1. The molecule has 27 heavy (non-hydrogen) atoms. The van der Waals surface area contributed by atoms with Gasteiger partial charge in [-0.1, -0.05) is 6.07 Å². The summed E-state index contributed by atoms with van der Waals surface area (Å²) in [4.78, 5) is 41.3. The molecular weight excluding hydrogens is 368 g/mol. The summed E-state index contributed by atoms with van der Waals surface area (Å²) in [5, 5.41) is 6.58. The summed E-state index contributed by atoms with van der Waals surface area (Å²) in [7, 11) is 0. The van der Waals surface area contributed by atoms with Crippen molar-refractivity contribution in [1.29, 1.82) is 0 Å². The lowest BCUT2D eigenvalue weighted by molar-refractivity contribution is -0.136. The van der Waals surface area contributed by atoms with E-state index >= 15 is 0 Å². The van der Waals surface area contributed by atoms with Crippen LogP contribution >= 0.6 is 11.3 Å².